The molecule has 0 saturated carbocycles. The number of para-hydroxylation sites is 1. The number of ether oxygens (including phenoxy) is 1. The van der Waals surface area contributed by atoms with E-state index in [4.69, 9.17) is 4.42 Å². The van der Waals surface area contributed by atoms with Gasteiger partial charge >= 0.3 is 5.97 Å². The fraction of sp³-hybridized carbons (Fsp3) is 0.125. The monoisotopic (exact) mass is 312 g/mol. The number of esters is 1. The number of nitro groups is 1. The third-order valence-electron chi connectivity index (χ3n) is 3.36. The average molecular weight is 312 g/mol. The third kappa shape index (κ3) is 2.89. The lowest BCUT2D eigenvalue weighted by Gasteiger charge is -1.98. The molecule has 116 valence electrons. The van der Waals surface area contributed by atoms with Crippen LogP contribution in [0.4, 0.5) is 5.69 Å². The van der Waals surface area contributed by atoms with Crippen LogP contribution in [-0.4, -0.2) is 23.0 Å². The number of carbonyl (C=O) groups excluding carboxylic acids is 1. The molecule has 0 spiro atoms. The summed E-state index contributed by atoms with van der Waals surface area (Å²) in [6, 6.07) is 11.4. The number of aromatic nitrogens is 1. The highest BCUT2D eigenvalue weighted by Gasteiger charge is 2.19. The molecular weight excluding hydrogens is 300 g/mol. The maximum Gasteiger partial charge on any atom is 0.309 e. The first-order valence-corrected chi connectivity index (χ1v) is 6.78. The van der Waals surface area contributed by atoms with Gasteiger partial charge in [0.2, 0.25) is 5.89 Å². The van der Waals surface area contributed by atoms with Gasteiger partial charge in [0.1, 0.15) is 11.1 Å². The summed E-state index contributed by atoms with van der Waals surface area (Å²) in [5, 5.41) is 11.1. The molecule has 7 nitrogen and oxygen atoms in total. The molecule has 3 rings (SSSR count). The van der Waals surface area contributed by atoms with Crippen LogP contribution in [0.3, 0.4) is 0 Å². The molecular formula is C16H12N2O5. The molecule has 7 heteroatoms. The third-order valence-corrected chi connectivity index (χ3v) is 3.36. The van der Waals surface area contributed by atoms with Crippen LogP contribution in [0.2, 0.25) is 0 Å². The van der Waals surface area contributed by atoms with E-state index in [1.807, 2.05) is 0 Å². The normalized spacial score (nSPS) is 10.7. The Morgan fingerprint density at radius 3 is 2.83 bits per heavy atom. The van der Waals surface area contributed by atoms with E-state index < -0.39 is 4.92 Å². The molecule has 23 heavy (non-hydrogen) atoms. The molecule has 2 aromatic carbocycles. The van der Waals surface area contributed by atoms with Gasteiger partial charge in [0, 0.05) is 6.07 Å². The van der Waals surface area contributed by atoms with E-state index >= 15 is 0 Å². The Morgan fingerprint density at radius 2 is 2.09 bits per heavy atom. The van der Waals surface area contributed by atoms with Crippen molar-refractivity contribution in [3.05, 3.63) is 58.1 Å². The number of hydrogen-bond donors (Lipinski definition) is 0. The number of nitrogens with zero attached hydrogens (tertiary/aromatic N) is 2. The molecule has 3 aromatic rings. The van der Waals surface area contributed by atoms with Gasteiger partial charge in [-0.05, 0) is 23.8 Å². The van der Waals surface area contributed by atoms with E-state index in [2.05, 4.69) is 9.72 Å². The number of carbonyl (C=O) groups is 1. The van der Waals surface area contributed by atoms with Gasteiger partial charge in [-0.3, -0.25) is 14.9 Å². The van der Waals surface area contributed by atoms with Gasteiger partial charge in [-0.15, -0.1) is 0 Å². The van der Waals surface area contributed by atoms with Crippen molar-refractivity contribution in [3.63, 3.8) is 0 Å². The number of fused-ring (bicyclic) bond motifs is 1. The van der Waals surface area contributed by atoms with Gasteiger partial charge in [0.15, 0.2) is 5.58 Å². The summed E-state index contributed by atoms with van der Waals surface area (Å²) < 4.78 is 10.2. The van der Waals surface area contributed by atoms with E-state index in [-0.39, 0.29) is 24.0 Å². The number of benzene rings is 2. The topological polar surface area (TPSA) is 95.5 Å². The van der Waals surface area contributed by atoms with Gasteiger partial charge in [0.05, 0.1) is 18.5 Å². The van der Waals surface area contributed by atoms with E-state index in [9.17, 15) is 14.9 Å². The first-order chi connectivity index (χ1) is 11.1. The Labute approximate surface area is 130 Å². The van der Waals surface area contributed by atoms with Gasteiger partial charge in [-0.2, -0.15) is 0 Å². The van der Waals surface area contributed by atoms with Crippen molar-refractivity contribution in [2.75, 3.05) is 7.11 Å². The molecule has 0 bridgehead atoms. The Kier molecular flexibility index (Phi) is 3.76. The standard InChI is InChI=1S/C16H12N2O5/c1-22-15(19)9-10-6-7-14-12(8-10)17-16(23-14)11-4-2-3-5-13(11)18(20)21/h2-8H,9H2,1H3. The van der Waals surface area contributed by atoms with Crippen molar-refractivity contribution < 1.29 is 18.9 Å². The Balaban J connectivity index is 2.04. The highest BCUT2D eigenvalue weighted by molar-refractivity contribution is 5.80. The zero-order valence-corrected chi connectivity index (χ0v) is 12.2. The second kappa shape index (κ2) is 5.88. The predicted octanol–water partition coefficient (Wildman–Crippen LogP) is 3.12. The fourth-order valence-electron chi connectivity index (χ4n) is 2.25. The Bertz CT molecular complexity index is 900. The minimum atomic E-state index is -0.479. The lowest BCUT2D eigenvalue weighted by Crippen LogP contribution is -2.04. The van der Waals surface area contributed by atoms with Crippen LogP contribution in [0.25, 0.3) is 22.6 Å². The van der Waals surface area contributed by atoms with E-state index in [0.717, 1.165) is 5.56 Å². The van der Waals surface area contributed by atoms with E-state index in [1.165, 1.54) is 13.2 Å². The highest BCUT2D eigenvalue weighted by atomic mass is 16.6. The summed E-state index contributed by atoms with van der Waals surface area (Å²) in [5.41, 5.74) is 1.98. The minimum Gasteiger partial charge on any atom is -0.469 e. The Morgan fingerprint density at radius 1 is 1.30 bits per heavy atom. The summed E-state index contributed by atoms with van der Waals surface area (Å²) in [4.78, 5) is 26.2. The summed E-state index contributed by atoms with van der Waals surface area (Å²) >= 11 is 0. The molecule has 0 aliphatic carbocycles. The molecule has 1 aromatic heterocycles. The van der Waals surface area contributed by atoms with Crippen molar-refractivity contribution in [3.8, 4) is 11.5 Å². The van der Waals surface area contributed by atoms with Crippen molar-refractivity contribution >= 4 is 22.8 Å². The molecule has 0 aliphatic rings. The van der Waals surface area contributed by atoms with Crippen LogP contribution in [0.15, 0.2) is 46.9 Å². The minimum absolute atomic E-state index is 0.0751. The molecule has 0 atom stereocenters. The molecule has 0 radical (unpaired) electrons. The van der Waals surface area contributed by atoms with Gasteiger partial charge in [0.25, 0.3) is 5.69 Å². The van der Waals surface area contributed by atoms with Crippen LogP contribution in [0.5, 0.6) is 0 Å². The molecule has 0 saturated heterocycles. The van der Waals surface area contributed by atoms with Crippen LogP contribution in [0.1, 0.15) is 5.56 Å². The SMILES string of the molecule is COC(=O)Cc1ccc2oc(-c3ccccc3[N+](=O)[O-])nc2c1. The van der Waals surface area contributed by atoms with Crippen molar-refractivity contribution in [1.29, 1.82) is 0 Å². The van der Waals surface area contributed by atoms with Crippen molar-refractivity contribution in [2.24, 2.45) is 0 Å². The van der Waals surface area contributed by atoms with Crippen LogP contribution in [0, 0.1) is 10.1 Å². The zero-order chi connectivity index (χ0) is 16.4. The lowest BCUT2D eigenvalue weighted by atomic mass is 10.1. The number of rotatable bonds is 4. The van der Waals surface area contributed by atoms with Gasteiger partial charge in [-0.25, -0.2) is 4.98 Å². The molecule has 1 heterocycles. The quantitative estimate of drug-likeness (QED) is 0.417. The van der Waals surface area contributed by atoms with E-state index in [0.29, 0.717) is 16.7 Å². The molecule has 0 unspecified atom stereocenters. The lowest BCUT2D eigenvalue weighted by molar-refractivity contribution is -0.384. The molecule has 0 N–H and O–H groups in total. The highest BCUT2D eigenvalue weighted by Crippen LogP contribution is 2.31. The van der Waals surface area contributed by atoms with E-state index in [1.54, 1.807) is 36.4 Å². The second-order valence-electron chi connectivity index (χ2n) is 4.85. The molecule has 0 amide bonds. The predicted molar refractivity (Wildman–Crippen MR) is 81.8 cm³/mol. The number of hydrogen-bond acceptors (Lipinski definition) is 6. The summed E-state index contributed by atoms with van der Waals surface area (Å²) in [6.07, 6.45) is 0.125. The maximum atomic E-state index is 11.3. The number of nitro benzene ring substituents is 1. The summed E-state index contributed by atoms with van der Waals surface area (Å²) in [7, 11) is 1.32. The summed E-state index contributed by atoms with van der Waals surface area (Å²) in [6.45, 7) is 0. The van der Waals surface area contributed by atoms with Crippen LogP contribution >= 0.6 is 0 Å². The zero-order valence-electron chi connectivity index (χ0n) is 12.2. The molecule has 0 aliphatic heterocycles. The average Bonchev–Trinajstić information content (AvgIpc) is 2.97. The largest absolute Gasteiger partial charge is 0.469 e. The first-order valence-electron chi connectivity index (χ1n) is 6.78. The first kappa shape index (κ1) is 14.7. The van der Waals surface area contributed by atoms with Gasteiger partial charge in [-0.1, -0.05) is 18.2 Å². The van der Waals surface area contributed by atoms with Gasteiger partial charge < -0.3 is 9.15 Å². The molecule has 0 fully saturated rings. The fourth-order valence-corrected chi connectivity index (χ4v) is 2.25. The second-order valence-corrected chi connectivity index (χ2v) is 4.85. The maximum absolute atomic E-state index is 11.3. The smallest absolute Gasteiger partial charge is 0.309 e. The number of methoxy groups -OCH3 is 1. The van der Waals surface area contributed by atoms with Crippen LogP contribution < -0.4 is 0 Å². The van der Waals surface area contributed by atoms with Crippen molar-refractivity contribution in [1.82, 2.24) is 4.98 Å². The van der Waals surface area contributed by atoms with Crippen LogP contribution in [-0.2, 0) is 16.0 Å². The van der Waals surface area contributed by atoms with Crippen molar-refractivity contribution in [2.45, 2.75) is 6.42 Å². The summed E-state index contributed by atoms with van der Waals surface area (Å²) in [5.74, 6) is -0.186. The Hall–Kier alpha value is -3.22. The number of oxazole rings is 1.